The Kier molecular flexibility index (Phi) is 5.05. The molecule has 2 amide bonds. The number of amides is 2. The predicted octanol–water partition coefficient (Wildman–Crippen LogP) is 0.936. The number of carbonyl (C=O) groups excluding carboxylic acids is 3. The van der Waals surface area contributed by atoms with Crippen LogP contribution in [0.3, 0.4) is 0 Å². The second-order valence-corrected chi connectivity index (χ2v) is 3.98. The molecule has 0 bridgehead atoms. The van der Waals surface area contributed by atoms with Crippen LogP contribution in [0, 0.1) is 0 Å². The summed E-state index contributed by atoms with van der Waals surface area (Å²) in [6.45, 7) is 2.93. The molecule has 1 unspecified atom stereocenters. The summed E-state index contributed by atoms with van der Waals surface area (Å²) in [7, 11) is 1.30. The fourth-order valence-corrected chi connectivity index (χ4v) is 1.43. The molecule has 0 radical (unpaired) electrons. The second kappa shape index (κ2) is 6.53. The van der Waals surface area contributed by atoms with Crippen molar-refractivity contribution < 1.29 is 19.1 Å². The summed E-state index contributed by atoms with van der Waals surface area (Å²) in [4.78, 5) is 33.7. The van der Waals surface area contributed by atoms with Crippen LogP contribution >= 0.6 is 0 Å². The molecule has 6 heteroatoms. The van der Waals surface area contributed by atoms with E-state index in [0.29, 0.717) is 11.3 Å². The van der Waals surface area contributed by atoms with E-state index in [0.717, 1.165) is 0 Å². The lowest BCUT2D eigenvalue weighted by atomic mass is 10.2. The molecule has 1 atom stereocenters. The molecule has 0 aliphatic carbocycles. The lowest BCUT2D eigenvalue weighted by Gasteiger charge is -2.12. The van der Waals surface area contributed by atoms with Crippen LogP contribution in [-0.2, 0) is 14.3 Å². The zero-order valence-electron chi connectivity index (χ0n) is 11.0. The molecule has 0 aliphatic heterocycles. The van der Waals surface area contributed by atoms with Gasteiger partial charge in [0.15, 0.2) is 0 Å². The molecule has 102 valence electrons. The minimum atomic E-state index is -0.627. The lowest BCUT2D eigenvalue weighted by molar-refractivity contribution is -0.124. The van der Waals surface area contributed by atoms with Gasteiger partial charge in [0, 0.05) is 12.6 Å². The van der Waals surface area contributed by atoms with E-state index < -0.39 is 12.0 Å². The molecule has 0 spiro atoms. The number of ether oxygens (including phenoxy) is 1. The first-order valence-corrected chi connectivity index (χ1v) is 5.70. The highest BCUT2D eigenvalue weighted by Crippen LogP contribution is 2.10. The standard InChI is InChI=1S/C13H16N2O4/c1-8(14-9(2)16)12(17)15-11-6-4-10(5-7-11)13(18)19-3/h4-8H,1-3H3,(H,14,16)(H,15,17). The third kappa shape index (κ3) is 4.42. The normalized spacial score (nSPS) is 11.3. The number of anilines is 1. The van der Waals surface area contributed by atoms with Crippen LogP contribution in [0.1, 0.15) is 24.2 Å². The van der Waals surface area contributed by atoms with Crippen molar-refractivity contribution in [3.05, 3.63) is 29.8 Å². The molecule has 0 heterocycles. The molecule has 2 N–H and O–H groups in total. The largest absolute Gasteiger partial charge is 0.465 e. The first-order valence-electron chi connectivity index (χ1n) is 5.70. The number of hydrogen-bond acceptors (Lipinski definition) is 4. The van der Waals surface area contributed by atoms with Gasteiger partial charge in [-0.15, -0.1) is 0 Å². The Labute approximate surface area is 111 Å². The summed E-state index contributed by atoms with van der Waals surface area (Å²) in [6.07, 6.45) is 0. The van der Waals surface area contributed by atoms with Crippen LogP contribution in [0.4, 0.5) is 5.69 Å². The van der Waals surface area contributed by atoms with Gasteiger partial charge in [-0.05, 0) is 31.2 Å². The van der Waals surface area contributed by atoms with Crippen LogP contribution in [0.2, 0.25) is 0 Å². The van der Waals surface area contributed by atoms with Gasteiger partial charge in [-0.3, -0.25) is 9.59 Å². The average molecular weight is 264 g/mol. The van der Waals surface area contributed by atoms with Gasteiger partial charge in [0.05, 0.1) is 12.7 Å². The quantitative estimate of drug-likeness (QED) is 0.792. The van der Waals surface area contributed by atoms with Gasteiger partial charge >= 0.3 is 5.97 Å². The van der Waals surface area contributed by atoms with Crippen molar-refractivity contribution in [1.29, 1.82) is 0 Å². The Morgan fingerprint density at radius 3 is 2.21 bits per heavy atom. The molecule has 1 aromatic carbocycles. The van der Waals surface area contributed by atoms with Gasteiger partial charge < -0.3 is 15.4 Å². The first-order chi connectivity index (χ1) is 8.93. The van der Waals surface area contributed by atoms with Gasteiger partial charge in [-0.25, -0.2) is 4.79 Å². The SMILES string of the molecule is COC(=O)c1ccc(NC(=O)C(C)NC(C)=O)cc1. The van der Waals surface area contributed by atoms with Crippen molar-refractivity contribution in [2.75, 3.05) is 12.4 Å². The molecule has 19 heavy (non-hydrogen) atoms. The van der Waals surface area contributed by atoms with Gasteiger partial charge in [0.25, 0.3) is 0 Å². The average Bonchev–Trinajstić information content (AvgIpc) is 2.37. The van der Waals surface area contributed by atoms with Crippen LogP contribution in [0.15, 0.2) is 24.3 Å². The molecule has 0 saturated heterocycles. The van der Waals surface area contributed by atoms with Crippen molar-refractivity contribution >= 4 is 23.5 Å². The van der Waals surface area contributed by atoms with Crippen molar-refractivity contribution in [3.63, 3.8) is 0 Å². The summed E-state index contributed by atoms with van der Waals surface area (Å²) in [5.74, 6) is -1.05. The maximum Gasteiger partial charge on any atom is 0.337 e. The maximum atomic E-state index is 11.7. The highest BCUT2D eigenvalue weighted by molar-refractivity contribution is 5.97. The maximum absolute atomic E-state index is 11.7. The smallest absolute Gasteiger partial charge is 0.337 e. The van der Waals surface area contributed by atoms with E-state index in [1.807, 2.05) is 0 Å². The summed E-state index contributed by atoms with van der Waals surface area (Å²) in [6, 6.07) is 5.64. The number of benzene rings is 1. The molecule has 0 aromatic heterocycles. The van der Waals surface area contributed by atoms with Crippen LogP contribution in [0.5, 0.6) is 0 Å². The first kappa shape index (κ1) is 14.7. The third-order valence-electron chi connectivity index (χ3n) is 2.39. The molecule has 1 aromatic rings. The number of hydrogen-bond donors (Lipinski definition) is 2. The van der Waals surface area contributed by atoms with Gasteiger partial charge in [0.2, 0.25) is 11.8 Å². The Hall–Kier alpha value is -2.37. The molecular weight excluding hydrogens is 248 g/mol. The van der Waals surface area contributed by atoms with E-state index in [9.17, 15) is 14.4 Å². The van der Waals surface area contributed by atoms with Crippen molar-refractivity contribution in [2.24, 2.45) is 0 Å². The highest BCUT2D eigenvalue weighted by Gasteiger charge is 2.13. The Morgan fingerprint density at radius 2 is 1.74 bits per heavy atom. The molecule has 1 rings (SSSR count). The van der Waals surface area contributed by atoms with Gasteiger partial charge in [-0.1, -0.05) is 0 Å². The van der Waals surface area contributed by atoms with Crippen molar-refractivity contribution in [1.82, 2.24) is 5.32 Å². The number of methoxy groups -OCH3 is 1. The van der Waals surface area contributed by atoms with Gasteiger partial charge in [0.1, 0.15) is 6.04 Å². The molecule has 0 aliphatic rings. The van der Waals surface area contributed by atoms with E-state index in [1.165, 1.54) is 14.0 Å². The predicted molar refractivity (Wildman–Crippen MR) is 69.7 cm³/mol. The molecule has 6 nitrogen and oxygen atoms in total. The van der Waals surface area contributed by atoms with Crippen molar-refractivity contribution in [3.8, 4) is 0 Å². The Bertz CT molecular complexity index is 482. The molecular formula is C13H16N2O4. The summed E-state index contributed by atoms with van der Waals surface area (Å²) in [5, 5.41) is 5.10. The zero-order valence-corrected chi connectivity index (χ0v) is 11.0. The van der Waals surface area contributed by atoms with Crippen LogP contribution in [0.25, 0.3) is 0 Å². The molecule has 0 fully saturated rings. The van der Waals surface area contributed by atoms with E-state index in [2.05, 4.69) is 15.4 Å². The Morgan fingerprint density at radius 1 is 1.16 bits per heavy atom. The highest BCUT2D eigenvalue weighted by atomic mass is 16.5. The summed E-state index contributed by atoms with van der Waals surface area (Å²) in [5.41, 5.74) is 0.935. The van der Waals surface area contributed by atoms with E-state index in [-0.39, 0.29) is 11.8 Å². The van der Waals surface area contributed by atoms with E-state index in [4.69, 9.17) is 0 Å². The fraction of sp³-hybridized carbons (Fsp3) is 0.308. The monoisotopic (exact) mass is 264 g/mol. The topological polar surface area (TPSA) is 84.5 Å². The van der Waals surface area contributed by atoms with Crippen LogP contribution < -0.4 is 10.6 Å². The summed E-state index contributed by atoms with van der Waals surface area (Å²) < 4.78 is 4.57. The second-order valence-electron chi connectivity index (χ2n) is 3.98. The number of esters is 1. The minimum Gasteiger partial charge on any atom is -0.465 e. The third-order valence-corrected chi connectivity index (χ3v) is 2.39. The number of carbonyl (C=O) groups is 3. The zero-order chi connectivity index (χ0) is 14.4. The van der Waals surface area contributed by atoms with Crippen LogP contribution in [-0.4, -0.2) is 30.9 Å². The van der Waals surface area contributed by atoms with E-state index in [1.54, 1.807) is 31.2 Å². The number of rotatable bonds is 4. The number of nitrogens with one attached hydrogen (secondary N) is 2. The Balaban J connectivity index is 2.65. The lowest BCUT2D eigenvalue weighted by Crippen LogP contribution is -2.40. The summed E-state index contributed by atoms with van der Waals surface area (Å²) >= 11 is 0. The minimum absolute atomic E-state index is 0.274. The molecule has 0 saturated carbocycles. The van der Waals surface area contributed by atoms with Gasteiger partial charge in [-0.2, -0.15) is 0 Å². The van der Waals surface area contributed by atoms with E-state index >= 15 is 0 Å². The van der Waals surface area contributed by atoms with Crippen molar-refractivity contribution in [2.45, 2.75) is 19.9 Å². The fourth-order valence-electron chi connectivity index (χ4n) is 1.43.